The number of fused-ring (bicyclic) bond motifs is 1. The number of nitrogens with zero attached hydrogens (tertiary/aromatic N) is 1. The summed E-state index contributed by atoms with van der Waals surface area (Å²) >= 11 is 1.78. The topological polar surface area (TPSA) is 24.9 Å². The van der Waals surface area contributed by atoms with Crippen LogP contribution in [0.3, 0.4) is 0 Å². The predicted octanol–water partition coefficient (Wildman–Crippen LogP) is 4.45. The van der Waals surface area contributed by atoms with Gasteiger partial charge in [-0.1, -0.05) is 37.3 Å². The molecule has 0 spiro atoms. The lowest BCUT2D eigenvalue weighted by Crippen LogP contribution is -2.23. The monoisotopic (exact) mass is 260 g/mol. The van der Waals surface area contributed by atoms with Crippen LogP contribution in [0.1, 0.15) is 32.3 Å². The number of aromatic nitrogens is 1. The Morgan fingerprint density at radius 1 is 1.28 bits per heavy atom. The minimum atomic E-state index is 0.598. The second-order valence-electron chi connectivity index (χ2n) is 5.61. The third-order valence-electron chi connectivity index (χ3n) is 4.39. The van der Waals surface area contributed by atoms with E-state index < -0.39 is 0 Å². The van der Waals surface area contributed by atoms with Crippen LogP contribution in [-0.2, 0) is 0 Å². The molecule has 1 aromatic carbocycles. The lowest BCUT2D eigenvalue weighted by atomic mass is 9.98. The maximum Gasteiger partial charge on any atom is 0.184 e. The molecule has 1 fully saturated rings. The summed E-state index contributed by atoms with van der Waals surface area (Å²) in [7, 11) is 0. The first-order chi connectivity index (χ1) is 8.65. The molecule has 2 aromatic rings. The highest BCUT2D eigenvalue weighted by molar-refractivity contribution is 7.22. The summed E-state index contributed by atoms with van der Waals surface area (Å²) in [5.74, 6) is 1.58. The van der Waals surface area contributed by atoms with E-state index in [0.29, 0.717) is 6.04 Å². The second-order valence-corrected chi connectivity index (χ2v) is 6.64. The van der Waals surface area contributed by atoms with Crippen LogP contribution in [0, 0.1) is 18.8 Å². The van der Waals surface area contributed by atoms with Crippen molar-refractivity contribution >= 4 is 26.7 Å². The van der Waals surface area contributed by atoms with Crippen molar-refractivity contribution in [1.29, 1.82) is 0 Å². The first-order valence-corrected chi connectivity index (χ1v) is 7.59. The lowest BCUT2D eigenvalue weighted by Gasteiger charge is -2.18. The second kappa shape index (κ2) is 4.54. The van der Waals surface area contributed by atoms with Crippen LogP contribution in [0.4, 0.5) is 5.13 Å². The van der Waals surface area contributed by atoms with E-state index in [9.17, 15) is 0 Å². The molecule has 3 atom stereocenters. The molecule has 1 saturated carbocycles. The first-order valence-electron chi connectivity index (χ1n) is 6.78. The fourth-order valence-corrected chi connectivity index (χ4v) is 3.88. The number of hydrogen-bond donors (Lipinski definition) is 1. The molecule has 0 radical (unpaired) electrons. The van der Waals surface area contributed by atoms with E-state index >= 15 is 0 Å². The normalized spacial score (nSPS) is 27.8. The zero-order chi connectivity index (χ0) is 12.7. The number of aryl methyl sites for hydroxylation is 1. The molecule has 3 unspecified atom stereocenters. The standard InChI is InChI=1S/C15H20N2S/c1-9-7-8-12(11(9)3)16-15-17-14-10(2)5-4-6-13(14)18-15/h4-6,9,11-12H,7-8H2,1-3H3,(H,16,17). The first kappa shape index (κ1) is 12.0. The van der Waals surface area contributed by atoms with E-state index in [4.69, 9.17) is 4.98 Å². The van der Waals surface area contributed by atoms with Gasteiger partial charge in [0.05, 0.1) is 10.2 Å². The van der Waals surface area contributed by atoms with Crippen molar-refractivity contribution in [3.05, 3.63) is 23.8 Å². The minimum absolute atomic E-state index is 0.598. The van der Waals surface area contributed by atoms with Crippen LogP contribution in [-0.4, -0.2) is 11.0 Å². The molecule has 0 saturated heterocycles. The van der Waals surface area contributed by atoms with Crippen LogP contribution < -0.4 is 5.32 Å². The van der Waals surface area contributed by atoms with Gasteiger partial charge in [-0.15, -0.1) is 0 Å². The van der Waals surface area contributed by atoms with Gasteiger partial charge in [0.2, 0.25) is 0 Å². The van der Waals surface area contributed by atoms with Crippen molar-refractivity contribution in [2.75, 3.05) is 5.32 Å². The molecule has 1 aliphatic carbocycles. The summed E-state index contributed by atoms with van der Waals surface area (Å²) < 4.78 is 1.29. The van der Waals surface area contributed by atoms with Crippen molar-refractivity contribution < 1.29 is 0 Å². The van der Waals surface area contributed by atoms with Crippen LogP contribution in [0.5, 0.6) is 0 Å². The molecule has 18 heavy (non-hydrogen) atoms. The summed E-state index contributed by atoms with van der Waals surface area (Å²) in [6, 6.07) is 7.00. The molecule has 1 aliphatic rings. The fraction of sp³-hybridized carbons (Fsp3) is 0.533. The number of anilines is 1. The highest BCUT2D eigenvalue weighted by Crippen LogP contribution is 2.35. The molecule has 3 heteroatoms. The molecule has 3 rings (SSSR count). The van der Waals surface area contributed by atoms with E-state index in [1.807, 2.05) is 0 Å². The molecular formula is C15H20N2S. The molecule has 2 nitrogen and oxygen atoms in total. The van der Waals surface area contributed by atoms with Gasteiger partial charge in [-0.2, -0.15) is 0 Å². The minimum Gasteiger partial charge on any atom is -0.358 e. The van der Waals surface area contributed by atoms with Crippen LogP contribution >= 0.6 is 11.3 Å². The molecular weight excluding hydrogens is 240 g/mol. The number of thiazole rings is 1. The predicted molar refractivity (Wildman–Crippen MR) is 79.3 cm³/mol. The quantitative estimate of drug-likeness (QED) is 0.862. The Morgan fingerprint density at radius 3 is 2.78 bits per heavy atom. The molecule has 1 heterocycles. The van der Waals surface area contributed by atoms with Crippen molar-refractivity contribution in [2.24, 2.45) is 11.8 Å². The molecule has 1 N–H and O–H groups in total. The molecule has 0 bridgehead atoms. The Morgan fingerprint density at radius 2 is 2.11 bits per heavy atom. The van der Waals surface area contributed by atoms with Crippen LogP contribution in [0.2, 0.25) is 0 Å². The van der Waals surface area contributed by atoms with Gasteiger partial charge in [0.15, 0.2) is 5.13 Å². The Balaban J connectivity index is 1.85. The average Bonchev–Trinajstić information content (AvgIpc) is 2.89. The lowest BCUT2D eigenvalue weighted by molar-refractivity contribution is 0.435. The zero-order valence-corrected chi connectivity index (χ0v) is 12.1. The van der Waals surface area contributed by atoms with Gasteiger partial charge in [-0.25, -0.2) is 4.98 Å². The van der Waals surface area contributed by atoms with Crippen molar-refractivity contribution in [3.8, 4) is 0 Å². The maximum atomic E-state index is 4.74. The highest BCUT2D eigenvalue weighted by Gasteiger charge is 2.30. The smallest absolute Gasteiger partial charge is 0.184 e. The largest absolute Gasteiger partial charge is 0.358 e. The van der Waals surface area contributed by atoms with Crippen molar-refractivity contribution in [2.45, 2.75) is 39.7 Å². The van der Waals surface area contributed by atoms with Gasteiger partial charge in [0, 0.05) is 6.04 Å². The van der Waals surface area contributed by atoms with Gasteiger partial charge >= 0.3 is 0 Å². The van der Waals surface area contributed by atoms with E-state index in [-0.39, 0.29) is 0 Å². The van der Waals surface area contributed by atoms with Gasteiger partial charge < -0.3 is 5.32 Å². The van der Waals surface area contributed by atoms with Crippen LogP contribution in [0.15, 0.2) is 18.2 Å². The SMILES string of the molecule is Cc1cccc2sc(NC3CCC(C)C3C)nc12. The van der Waals surface area contributed by atoms with Gasteiger partial charge in [-0.05, 0) is 43.2 Å². The van der Waals surface area contributed by atoms with E-state index in [1.165, 1.54) is 23.1 Å². The van der Waals surface area contributed by atoms with Gasteiger partial charge in [-0.3, -0.25) is 0 Å². The van der Waals surface area contributed by atoms with E-state index in [1.54, 1.807) is 11.3 Å². The zero-order valence-electron chi connectivity index (χ0n) is 11.2. The van der Waals surface area contributed by atoms with E-state index in [0.717, 1.165) is 22.5 Å². The number of hydrogen-bond acceptors (Lipinski definition) is 3. The Hall–Kier alpha value is -1.09. The summed E-state index contributed by atoms with van der Waals surface area (Å²) in [4.78, 5) is 4.74. The third-order valence-corrected chi connectivity index (χ3v) is 5.35. The summed E-state index contributed by atoms with van der Waals surface area (Å²) in [5, 5.41) is 4.73. The Labute approximate surface area is 112 Å². The third kappa shape index (κ3) is 2.01. The number of rotatable bonds is 2. The van der Waals surface area contributed by atoms with Crippen LogP contribution in [0.25, 0.3) is 10.2 Å². The Kier molecular flexibility index (Phi) is 3.02. The maximum absolute atomic E-state index is 4.74. The van der Waals surface area contributed by atoms with Crippen molar-refractivity contribution in [3.63, 3.8) is 0 Å². The summed E-state index contributed by atoms with van der Waals surface area (Å²) in [6.45, 7) is 6.84. The van der Waals surface area contributed by atoms with E-state index in [2.05, 4.69) is 44.3 Å². The average molecular weight is 260 g/mol. The molecule has 0 aliphatic heterocycles. The van der Waals surface area contributed by atoms with Gasteiger partial charge in [0.25, 0.3) is 0 Å². The number of para-hydroxylation sites is 1. The number of benzene rings is 1. The Bertz CT molecular complexity index is 561. The number of nitrogens with one attached hydrogen (secondary N) is 1. The highest BCUT2D eigenvalue weighted by atomic mass is 32.1. The molecule has 96 valence electrons. The fourth-order valence-electron chi connectivity index (χ4n) is 2.87. The van der Waals surface area contributed by atoms with Crippen molar-refractivity contribution in [1.82, 2.24) is 4.98 Å². The summed E-state index contributed by atoms with van der Waals surface area (Å²) in [5.41, 5.74) is 2.42. The summed E-state index contributed by atoms with van der Waals surface area (Å²) in [6.07, 6.45) is 2.61. The molecule has 1 aromatic heterocycles. The molecule has 0 amide bonds. The van der Waals surface area contributed by atoms with Gasteiger partial charge in [0.1, 0.15) is 0 Å².